The summed E-state index contributed by atoms with van der Waals surface area (Å²) in [6.07, 6.45) is 2.51. The Labute approximate surface area is 168 Å². The molecule has 3 rings (SSSR count). The number of thiophene rings is 1. The van der Waals surface area contributed by atoms with Crippen molar-refractivity contribution in [3.63, 3.8) is 0 Å². The molecular weight excluding hydrogens is 398 g/mol. The highest BCUT2D eigenvalue weighted by Crippen LogP contribution is 2.22. The average molecular weight is 422 g/mol. The SMILES string of the molecule is CCc1cc(C(=O)NNC(=O)c2cccc(S(=O)(=O)N3CCCC3)c2)sc1C. The number of sulfonamides is 1. The summed E-state index contributed by atoms with van der Waals surface area (Å²) < 4.78 is 26.7. The van der Waals surface area contributed by atoms with E-state index in [9.17, 15) is 18.0 Å². The van der Waals surface area contributed by atoms with Crippen molar-refractivity contribution in [2.24, 2.45) is 0 Å². The maximum atomic E-state index is 12.6. The van der Waals surface area contributed by atoms with Crippen molar-refractivity contribution in [3.8, 4) is 0 Å². The zero-order valence-electron chi connectivity index (χ0n) is 15.8. The molecule has 7 nitrogen and oxygen atoms in total. The van der Waals surface area contributed by atoms with E-state index >= 15 is 0 Å². The van der Waals surface area contributed by atoms with Gasteiger partial charge < -0.3 is 0 Å². The predicted molar refractivity (Wildman–Crippen MR) is 108 cm³/mol. The van der Waals surface area contributed by atoms with E-state index in [1.807, 2.05) is 19.9 Å². The predicted octanol–water partition coefficient (Wildman–Crippen LogP) is 2.48. The first-order chi connectivity index (χ1) is 13.3. The fourth-order valence-electron chi connectivity index (χ4n) is 3.11. The number of hydrogen-bond donors (Lipinski definition) is 2. The van der Waals surface area contributed by atoms with E-state index < -0.39 is 21.8 Å². The van der Waals surface area contributed by atoms with Gasteiger partial charge in [0, 0.05) is 23.5 Å². The van der Waals surface area contributed by atoms with E-state index in [2.05, 4.69) is 10.9 Å². The zero-order chi connectivity index (χ0) is 20.3. The smallest absolute Gasteiger partial charge is 0.267 e. The van der Waals surface area contributed by atoms with Crippen LogP contribution in [-0.4, -0.2) is 37.6 Å². The van der Waals surface area contributed by atoms with Crippen molar-refractivity contribution in [3.05, 3.63) is 51.2 Å². The minimum absolute atomic E-state index is 0.0786. The third kappa shape index (κ3) is 4.26. The molecule has 1 saturated heterocycles. The minimum Gasteiger partial charge on any atom is -0.267 e. The Kier molecular flexibility index (Phi) is 6.17. The van der Waals surface area contributed by atoms with Gasteiger partial charge in [0.2, 0.25) is 10.0 Å². The lowest BCUT2D eigenvalue weighted by Gasteiger charge is -2.16. The van der Waals surface area contributed by atoms with Crippen LogP contribution in [0.3, 0.4) is 0 Å². The second-order valence-electron chi connectivity index (χ2n) is 6.59. The van der Waals surface area contributed by atoms with Crippen LogP contribution in [0.15, 0.2) is 35.2 Å². The first-order valence-electron chi connectivity index (χ1n) is 9.13. The van der Waals surface area contributed by atoms with Crippen LogP contribution < -0.4 is 10.9 Å². The average Bonchev–Trinajstić information content (AvgIpc) is 3.36. The summed E-state index contributed by atoms with van der Waals surface area (Å²) in [4.78, 5) is 26.3. The molecule has 2 heterocycles. The molecular formula is C19H23N3O4S2. The lowest BCUT2D eigenvalue weighted by molar-refractivity contribution is 0.0848. The maximum Gasteiger partial charge on any atom is 0.279 e. The molecule has 150 valence electrons. The van der Waals surface area contributed by atoms with Crippen LogP contribution in [0.4, 0.5) is 0 Å². The van der Waals surface area contributed by atoms with Gasteiger partial charge in [-0.05, 0) is 56.0 Å². The summed E-state index contributed by atoms with van der Waals surface area (Å²) in [5.41, 5.74) is 6.00. The zero-order valence-corrected chi connectivity index (χ0v) is 17.5. The van der Waals surface area contributed by atoms with E-state index in [-0.39, 0.29) is 10.5 Å². The number of carbonyl (C=O) groups excluding carboxylic acids is 2. The highest BCUT2D eigenvalue weighted by molar-refractivity contribution is 7.89. The van der Waals surface area contributed by atoms with Crippen molar-refractivity contribution in [2.45, 2.75) is 38.0 Å². The second-order valence-corrected chi connectivity index (χ2v) is 9.79. The molecule has 9 heteroatoms. The molecule has 0 atom stereocenters. The van der Waals surface area contributed by atoms with Crippen LogP contribution in [0, 0.1) is 6.92 Å². The lowest BCUT2D eigenvalue weighted by atomic mass is 10.2. The number of hydrogen-bond acceptors (Lipinski definition) is 5. The third-order valence-electron chi connectivity index (χ3n) is 4.71. The van der Waals surface area contributed by atoms with Crippen LogP contribution in [0.5, 0.6) is 0 Å². The van der Waals surface area contributed by atoms with Gasteiger partial charge >= 0.3 is 0 Å². The molecule has 0 spiro atoms. The Morgan fingerprint density at radius 3 is 2.43 bits per heavy atom. The minimum atomic E-state index is -3.61. The number of benzene rings is 1. The van der Waals surface area contributed by atoms with Crippen molar-refractivity contribution >= 4 is 33.2 Å². The Hall–Kier alpha value is -2.23. The second kappa shape index (κ2) is 8.42. The largest absolute Gasteiger partial charge is 0.279 e. The third-order valence-corrected chi connectivity index (χ3v) is 7.70. The van der Waals surface area contributed by atoms with E-state index in [4.69, 9.17) is 0 Å². The number of nitrogens with one attached hydrogen (secondary N) is 2. The van der Waals surface area contributed by atoms with E-state index in [1.165, 1.54) is 39.9 Å². The van der Waals surface area contributed by atoms with Gasteiger partial charge in [0.05, 0.1) is 9.77 Å². The Bertz CT molecular complexity index is 992. The van der Waals surface area contributed by atoms with Crippen LogP contribution in [0.25, 0.3) is 0 Å². The van der Waals surface area contributed by atoms with Gasteiger partial charge in [0.15, 0.2) is 0 Å². The quantitative estimate of drug-likeness (QED) is 0.725. The molecule has 28 heavy (non-hydrogen) atoms. The molecule has 1 aliphatic heterocycles. The molecule has 0 saturated carbocycles. The van der Waals surface area contributed by atoms with E-state index in [0.717, 1.165) is 29.7 Å². The normalized spacial score (nSPS) is 14.8. The number of amides is 2. The number of aryl methyl sites for hydroxylation is 2. The highest BCUT2D eigenvalue weighted by atomic mass is 32.2. The van der Waals surface area contributed by atoms with Gasteiger partial charge in [-0.2, -0.15) is 4.31 Å². The first-order valence-corrected chi connectivity index (χ1v) is 11.4. The van der Waals surface area contributed by atoms with Gasteiger partial charge in [-0.15, -0.1) is 11.3 Å². The standard InChI is InChI=1S/C19H23N3O4S2/c1-3-14-12-17(27-13(14)2)19(24)21-20-18(23)15-7-6-8-16(11-15)28(25,26)22-9-4-5-10-22/h6-8,11-12H,3-5,9-10H2,1-2H3,(H,20,23)(H,21,24). The summed E-state index contributed by atoms with van der Waals surface area (Å²) in [7, 11) is -3.61. The van der Waals surface area contributed by atoms with Gasteiger partial charge in [0.1, 0.15) is 0 Å². The molecule has 1 aromatic carbocycles. The van der Waals surface area contributed by atoms with Crippen LogP contribution in [0.2, 0.25) is 0 Å². The Balaban J connectivity index is 1.68. The summed E-state index contributed by atoms with van der Waals surface area (Å²) >= 11 is 1.37. The molecule has 0 bridgehead atoms. The van der Waals surface area contributed by atoms with Crippen LogP contribution in [0.1, 0.15) is 50.2 Å². The van der Waals surface area contributed by atoms with Gasteiger partial charge in [-0.25, -0.2) is 8.42 Å². The summed E-state index contributed by atoms with van der Waals surface area (Å²) in [6.45, 7) is 4.95. The molecule has 1 aromatic heterocycles. The summed E-state index contributed by atoms with van der Waals surface area (Å²) in [5.74, 6) is -0.974. The first kappa shape index (κ1) is 20.5. The molecule has 2 aromatic rings. The topological polar surface area (TPSA) is 95.6 Å². The van der Waals surface area contributed by atoms with E-state index in [0.29, 0.717) is 18.0 Å². The molecule has 0 radical (unpaired) electrons. The van der Waals surface area contributed by atoms with Crippen molar-refractivity contribution < 1.29 is 18.0 Å². The number of nitrogens with zero attached hydrogens (tertiary/aromatic N) is 1. The maximum absolute atomic E-state index is 12.6. The monoisotopic (exact) mass is 421 g/mol. The van der Waals surface area contributed by atoms with Crippen molar-refractivity contribution in [1.29, 1.82) is 0 Å². The van der Waals surface area contributed by atoms with Crippen LogP contribution >= 0.6 is 11.3 Å². The molecule has 2 amide bonds. The number of carbonyl (C=O) groups is 2. The van der Waals surface area contributed by atoms with Gasteiger partial charge in [0.25, 0.3) is 11.8 Å². The van der Waals surface area contributed by atoms with Crippen molar-refractivity contribution in [2.75, 3.05) is 13.1 Å². The van der Waals surface area contributed by atoms with Crippen molar-refractivity contribution in [1.82, 2.24) is 15.2 Å². The fourth-order valence-corrected chi connectivity index (χ4v) is 5.68. The van der Waals surface area contributed by atoms with E-state index in [1.54, 1.807) is 0 Å². The Morgan fingerprint density at radius 2 is 1.79 bits per heavy atom. The molecule has 0 unspecified atom stereocenters. The molecule has 2 N–H and O–H groups in total. The van der Waals surface area contributed by atoms with Gasteiger partial charge in [-0.1, -0.05) is 13.0 Å². The molecule has 1 fully saturated rings. The number of hydrazine groups is 1. The highest BCUT2D eigenvalue weighted by Gasteiger charge is 2.27. The Morgan fingerprint density at radius 1 is 1.11 bits per heavy atom. The number of rotatable bonds is 5. The summed E-state index contributed by atoms with van der Waals surface area (Å²) in [5, 5.41) is 0. The molecule has 1 aliphatic rings. The van der Waals surface area contributed by atoms with Crippen LogP contribution in [-0.2, 0) is 16.4 Å². The fraction of sp³-hybridized carbons (Fsp3) is 0.368. The molecule has 0 aliphatic carbocycles. The lowest BCUT2D eigenvalue weighted by Crippen LogP contribution is -2.41. The van der Waals surface area contributed by atoms with Gasteiger partial charge in [-0.3, -0.25) is 20.4 Å². The summed E-state index contributed by atoms with van der Waals surface area (Å²) in [6, 6.07) is 7.65.